The molecule has 0 aromatic carbocycles. The summed E-state index contributed by atoms with van der Waals surface area (Å²) < 4.78 is 0. The number of fused-ring (bicyclic) bond motifs is 1. The van der Waals surface area contributed by atoms with Crippen LogP contribution in [0.3, 0.4) is 0 Å². The second kappa shape index (κ2) is 5.21. The monoisotopic (exact) mass is 279 g/mol. The van der Waals surface area contributed by atoms with E-state index in [0.29, 0.717) is 18.2 Å². The molecule has 1 saturated heterocycles. The fourth-order valence-corrected chi connectivity index (χ4v) is 4.06. The standard InChI is InChI=1S/C14H21N3OS/c1-16-8-6-10(7-9-16)17(2)14-15-11-4-3-5-12(18)13(11)19-14/h10H,3-9H2,1-2H3. The Morgan fingerprint density at radius 2 is 2.05 bits per heavy atom. The molecule has 0 bridgehead atoms. The third-order valence-corrected chi connectivity index (χ3v) is 5.52. The van der Waals surface area contributed by atoms with Crippen LogP contribution in [0.4, 0.5) is 5.13 Å². The number of hydrogen-bond donors (Lipinski definition) is 0. The van der Waals surface area contributed by atoms with Crippen LogP contribution in [-0.2, 0) is 6.42 Å². The Labute approximate surface area is 118 Å². The van der Waals surface area contributed by atoms with Crippen molar-refractivity contribution in [3.63, 3.8) is 0 Å². The summed E-state index contributed by atoms with van der Waals surface area (Å²) in [5, 5.41) is 1.04. The number of anilines is 1. The Morgan fingerprint density at radius 1 is 1.32 bits per heavy atom. The van der Waals surface area contributed by atoms with Crippen LogP contribution in [0.2, 0.25) is 0 Å². The summed E-state index contributed by atoms with van der Waals surface area (Å²) in [5.74, 6) is 0.293. The molecule has 0 unspecified atom stereocenters. The van der Waals surface area contributed by atoms with Crippen molar-refractivity contribution in [2.45, 2.75) is 38.1 Å². The van der Waals surface area contributed by atoms with Crippen LogP contribution < -0.4 is 4.90 Å². The normalized spacial score (nSPS) is 21.5. The molecule has 19 heavy (non-hydrogen) atoms. The number of rotatable bonds is 2. The summed E-state index contributed by atoms with van der Waals surface area (Å²) >= 11 is 1.60. The molecule has 1 aromatic heterocycles. The number of carbonyl (C=O) groups excluding carboxylic acids is 1. The molecule has 0 spiro atoms. The number of carbonyl (C=O) groups is 1. The van der Waals surface area contributed by atoms with Crippen molar-refractivity contribution >= 4 is 22.3 Å². The number of nitrogens with zero attached hydrogens (tertiary/aromatic N) is 3. The minimum Gasteiger partial charge on any atom is -0.348 e. The zero-order valence-electron chi connectivity index (χ0n) is 11.7. The van der Waals surface area contributed by atoms with Crippen LogP contribution in [0, 0.1) is 0 Å². The molecule has 1 aliphatic carbocycles. The second-order valence-corrected chi connectivity index (χ2v) is 6.67. The second-order valence-electron chi connectivity index (χ2n) is 5.69. The summed E-state index contributed by atoms with van der Waals surface area (Å²) in [6.07, 6.45) is 5.01. The molecule has 0 radical (unpaired) electrons. The molecular formula is C14H21N3OS. The molecule has 5 heteroatoms. The first kappa shape index (κ1) is 13.1. The quantitative estimate of drug-likeness (QED) is 0.831. The number of thiazole rings is 1. The van der Waals surface area contributed by atoms with Crippen LogP contribution in [0.5, 0.6) is 0 Å². The Morgan fingerprint density at radius 3 is 2.74 bits per heavy atom. The van der Waals surface area contributed by atoms with Crippen LogP contribution >= 0.6 is 11.3 Å². The highest BCUT2D eigenvalue weighted by molar-refractivity contribution is 7.17. The van der Waals surface area contributed by atoms with E-state index in [1.165, 1.54) is 12.8 Å². The summed E-state index contributed by atoms with van der Waals surface area (Å²) in [6.45, 7) is 2.30. The van der Waals surface area contributed by atoms with E-state index in [2.05, 4.69) is 23.9 Å². The highest BCUT2D eigenvalue weighted by atomic mass is 32.1. The van der Waals surface area contributed by atoms with Gasteiger partial charge in [0, 0.05) is 19.5 Å². The highest BCUT2D eigenvalue weighted by Crippen LogP contribution is 2.33. The Hall–Kier alpha value is -0.940. The van der Waals surface area contributed by atoms with Gasteiger partial charge in [-0.15, -0.1) is 0 Å². The van der Waals surface area contributed by atoms with E-state index in [1.54, 1.807) is 11.3 Å². The molecule has 3 rings (SSSR count). The van der Waals surface area contributed by atoms with Gasteiger partial charge in [0.25, 0.3) is 0 Å². The van der Waals surface area contributed by atoms with Crippen molar-refractivity contribution in [1.82, 2.24) is 9.88 Å². The van der Waals surface area contributed by atoms with Crippen molar-refractivity contribution in [2.24, 2.45) is 0 Å². The minimum absolute atomic E-state index is 0.293. The zero-order chi connectivity index (χ0) is 13.4. The van der Waals surface area contributed by atoms with Crippen molar-refractivity contribution in [3.8, 4) is 0 Å². The van der Waals surface area contributed by atoms with Gasteiger partial charge in [0.2, 0.25) is 0 Å². The maximum atomic E-state index is 11.9. The van der Waals surface area contributed by atoms with E-state index < -0.39 is 0 Å². The maximum Gasteiger partial charge on any atom is 0.186 e. The lowest BCUT2D eigenvalue weighted by atomic mass is 10.0. The van der Waals surface area contributed by atoms with Crippen molar-refractivity contribution in [1.29, 1.82) is 0 Å². The Bertz CT molecular complexity index is 477. The van der Waals surface area contributed by atoms with Crippen molar-refractivity contribution in [3.05, 3.63) is 10.6 Å². The molecular weight excluding hydrogens is 258 g/mol. The van der Waals surface area contributed by atoms with E-state index in [-0.39, 0.29) is 0 Å². The summed E-state index contributed by atoms with van der Waals surface area (Å²) in [5.41, 5.74) is 1.04. The van der Waals surface area contributed by atoms with Crippen LogP contribution in [0.1, 0.15) is 41.0 Å². The SMILES string of the molecule is CN1CCC(N(C)c2nc3c(s2)C(=O)CCC3)CC1. The lowest BCUT2D eigenvalue weighted by Gasteiger charge is -2.34. The summed E-state index contributed by atoms with van der Waals surface area (Å²) in [7, 11) is 4.31. The topological polar surface area (TPSA) is 36.4 Å². The zero-order valence-corrected chi connectivity index (χ0v) is 12.5. The average molecular weight is 279 g/mol. The average Bonchev–Trinajstić information content (AvgIpc) is 2.84. The molecule has 2 heterocycles. The van der Waals surface area contributed by atoms with Gasteiger partial charge in [0.05, 0.1) is 10.6 Å². The van der Waals surface area contributed by atoms with Gasteiger partial charge >= 0.3 is 0 Å². The first-order valence-electron chi connectivity index (χ1n) is 7.09. The van der Waals surface area contributed by atoms with Crippen LogP contribution in [-0.4, -0.2) is 48.9 Å². The number of Topliss-reactive ketones (excluding diaryl/α,β-unsaturated/α-hetero) is 1. The van der Waals surface area contributed by atoms with Gasteiger partial charge in [-0.1, -0.05) is 11.3 Å². The first-order valence-corrected chi connectivity index (χ1v) is 7.91. The summed E-state index contributed by atoms with van der Waals surface area (Å²) in [4.78, 5) is 22.2. The molecule has 104 valence electrons. The van der Waals surface area contributed by atoms with Gasteiger partial charge in [0.15, 0.2) is 10.9 Å². The first-order chi connectivity index (χ1) is 9.15. The smallest absolute Gasteiger partial charge is 0.186 e. The van der Waals surface area contributed by atoms with E-state index >= 15 is 0 Å². The molecule has 0 N–H and O–H groups in total. The number of aromatic nitrogens is 1. The molecule has 1 fully saturated rings. The van der Waals surface area contributed by atoms with Gasteiger partial charge in [-0.05, 0) is 45.8 Å². The maximum absolute atomic E-state index is 11.9. The third kappa shape index (κ3) is 2.54. The molecule has 2 aliphatic rings. The van der Waals surface area contributed by atoms with Crippen LogP contribution in [0.25, 0.3) is 0 Å². The highest BCUT2D eigenvalue weighted by Gasteiger charge is 2.27. The van der Waals surface area contributed by atoms with Gasteiger partial charge in [-0.2, -0.15) is 0 Å². The number of ketones is 1. The molecule has 0 amide bonds. The lowest BCUT2D eigenvalue weighted by Crippen LogP contribution is -2.41. The number of aryl methyl sites for hydroxylation is 1. The number of piperidine rings is 1. The van der Waals surface area contributed by atoms with E-state index in [9.17, 15) is 4.79 Å². The fourth-order valence-electron chi connectivity index (χ4n) is 2.95. The van der Waals surface area contributed by atoms with Crippen molar-refractivity contribution in [2.75, 3.05) is 32.1 Å². The molecule has 1 aromatic rings. The summed E-state index contributed by atoms with van der Waals surface area (Å²) in [6, 6.07) is 0.568. The Balaban J connectivity index is 1.77. The fraction of sp³-hybridized carbons (Fsp3) is 0.714. The molecule has 0 saturated carbocycles. The number of likely N-dealkylation sites (tertiary alicyclic amines) is 1. The van der Waals surface area contributed by atoms with E-state index in [0.717, 1.165) is 41.6 Å². The molecule has 4 nitrogen and oxygen atoms in total. The van der Waals surface area contributed by atoms with Gasteiger partial charge < -0.3 is 9.80 Å². The minimum atomic E-state index is 0.293. The molecule has 0 atom stereocenters. The predicted octanol–water partition coefficient (Wildman–Crippen LogP) is 2.19. The largest absolute Gasteiger partial charge is 0.348 e. The van der Waals surface area contributed by atoms with Gasteiger partial charge in [0.1, 0.15) is 0 Å². The Kier molecular flexibility index (Phi) is 3.58. The predicted molar refractivity (Wildman–Crippen MR) is 78.3 cm³/mol. The number of hydrogen-bond acceptors (Lipinski definition) is 5. The van der Waals surface area contributed by atoms with Crippen molar-refractivity contribution < 1.29 is 4.79 Å². The van der Waals surface area contributed by atoms with Gasteiger partial charge in [-0.3, -0.25) is 4.79 Å². The lowest BCUT2D eigenvalue weighted by molar-refractivity contribution is 0.0976. The molecule has 1 aliphatic heterocycles. The van der Waals surface area contributed by atoms with Gasteiger partial charge in [-0.25, -0.2) is 4.98 Å². The van der Waals surface area contributed by atoms with E-state index in [1.807, 2.05) is 0 Å². The van der Waals surface area contributed by atoms with Crippen LogP contribution in [0.15, 0.2) is 0 Å². The third-order valence-electron chi connectivity index (χ3n) is 4.29. The van der Waals surface area contributed by atoms with E-state index in [4.69, 9.17) is 4.98 Å².